The lowest BCUT2D eigenvalue weighted by molar-refractivity contribution is 0.0605. The average molecular weight is 330 g/mol. The Morgan fingerprint density at radius 2 is 1.95 bits per heavy atom. The van der Waals surface area contributed by atoms with Crippen LogP contribution in [0.5, 0.6) is 0 Å². The fraction of sp³-hybridized carbons (Fsp3) is 0.167. The topological polar surface area (TPSA) is 85.4 Å². The zero-order valence-corrected chi connectivity index (χ0v) is 12.7. The van der Waals surface area contributed by atoms with Crippen molar-refractivity contribution in [1.29, 1.82) is 0 Å². The second-order valence-electron chi connectivity index (χ2n) is 3.98. The number of hydrogen-bond donors (Lipinski definition) is 1. The quantitative estimate of drug-likeness (QED) is 0.869. The van der Waals surface area contributed by atoms with E-state index in [0.717, 1.165) is 35.6 Å². The number of esters is 1. The minimum atomic E-state index is -3.89. The predicted octanol–water partition coefficient (Wildman–Crippen LogP) is 2.18. The summed E-state index contributed by atoms with van der Waals surface area (Å²) in [5.74, 6) is -1.12. The van der Waals surface area contributed by atoms with Gasteiger partial charge in [-0.1, -0.05) is 11.3 Å². The van der Waals surface area contributed by atoms with Crippen LogP contribution in [0.1, 0.15) is 15.4 Å². The van der Waals surface area contributed by atoms with E-state index in [1.54, 1.807) is 6.92 Å². The van der Waals surface area contributed by atoms with Gasteiger partial charge in [0, 0.05) is 0 Å². The summed E-state index contributed by atoms with van der Waals surface area (Å²) in [5.41, 5.74) is 0.364. The highest BCUT2D eigenvalue weighted by atomic mass is 32.2. The molecule has 0 atom stereocenters. The predicted molar refractivity (Wildman–Crippen MR) is 75.4 cm³/mol. The molecule has 1 heterocycles. The summed E-state index contributed by atoms with van der Waals surface area (Å²) in [4.78, 5) is 15.5. The third-order valence-electron chi connectivity index (χ3n) is 2.51. The van der Waals surface area contributed by atoms with Crippen molar-refractivity contribution in [2.75, 3.05) is 11.8 Å². The number of rotatable bonds is 4. The molecular formula is C12H11FN2O4S2. The molecule has 0 aliphatic carbocycles. The number of benzene rings is 1. The molecule has 0 amide bonds. The molecule has 1 aromatic carbocycles. The van der Waals surface area contributed by atoms with Gasteiger partial charge >= 0.3 is 5.97 Å². The van der Waals surface area contributed by atoms with E-state index >= 15 is 0 Å². The van der Waals surface area contributed by atoms with E-state index in [2.05, 4.69) is 14.4 Å². The molecule has 9 heteroatoms. The van der Waals surface area contributed by atoms with Gasteiger partial charge in [0.25, 0.3) is 10.0 Å². The van der Waals surface area contributed by atoms with Crippen LogP contribution >= 0.6 is 11.3 Å². The molecule has 0 fully saturated rings. The fourth-order valence-electron chi connectivity index (χ4n) is 1.51. The van der Waals surface area contributed by atoms with Crippen LogP contribution in [0.3, 0.4) is 0 Å². The molecule has 0 radical (unpaired) electrons. The van der Waals surface area contributed by atoms with Crippen LogP contribution in [0, 0.1) is 12.7 Å². The second-order valence-corrected chi connectivity index (χ2v) is 6.67. The van der Waals surface area contributed by atoms with E-state index in [-0.39, 0.29) is 14.9 Å². The van der Waals surface area contributed by atoms with Gasteiger partial charge in [0.2, 0.25) is 0 Å². The lowest BCUT2D eigenvalue weighted by atomic mass is 10.4. The van der Waals surface area contributed by atoms with E-state index in [1.807, 2.05) is 0 Å². The Labute approximate surface area is 124 Å². The summed E-state index contributed by atoms with van der Waals surface area (Å²) in [6, 6.07) is 4.36. The molecule has 0 saturated heterocycles. The largest absolute Gasteiger partial charge is 0.465 e. The number of anilines is 1. The Balaban J connectivity index is 2.29. The smallest absolute Gasteiger partial charge is 0.350 e. The van der Waals surface area contributed by atoms with Crippen LogP contribution in [0.15, 0.2) is 29.2 Å². The maximum atomic E-state index is 12.8. The van der Waals surface area contributed by atoms with Gasteiger partial charge in [-0.2, -0.15) is 0 Å². The molecule has 0 unspecified atom stereocenters. The zero-order chi connectivity index (χ0) is 15.6. The highest BCUT2D eigenvalue weighted by Crippen LogP contribution is 2.25. The number of halogens is 1. The second kappa shape index (κ2) is 5.78. The molecule has 0 aliphatic heterocycles. The van der Waals surface area contributed by atoms with Crippen LogP contribution in [-0.4, -0.2) is 26.5 Å². The number of carbonyl (C=O) groups is 1. The van der Waals surface area contributed by atoms with Crippen LogP contribution in [0.2, 0.25) is 0 Å². The Hall–Kier alpha value is -2.00. The van der Waals surface area contributed by atoms with Crippen LogP contribution in [0.25, 0.3) is 0 Å². The first kappa shape index (κ1) is 15.4. The van der Waals surface area contributed by atoms with Gasteiger partial charge in [-0.15, -0.1) is 0 Å². The SMILES string of the molecule is COC(=O)c1sc(NS(=O)(=O)c2ccc(F)cc2)nc1C. The first-order valence-corrected chi connectivity index (χ1v) is 7.97. The number of thiazole rings is 1. The molecular weight excluding hydrogens is 319 g/mol. The van der Waals surface area contributed by atoms with Gasteiger partial charge in [-0.3, -0.25) is 4.72 Å². The molecule has 0 saturated carbocycles. The average Bonchev–Trinajstić information content (AvgIpc) is 2.78. The highest BCUT2D eigenvalue weighted by molar-refractivity contribution is 7.93. The third kappa shape index (κ3) is 3.37. The number of hydrogen-bond acceptors (Lipinski definition) is 6. The molecule has 2 rings (SSSR count). The molecule has 2 aromatic rings. The van der Waals surface area contributed by atoms with Crippen molar-refractivity contribution >= 4 is 32.5 Å². The van der Waals surface area contributed by atoms with Crippen LogP contribution < -0.4 is 4.72 Å². The van der Waals surface area contributed by atoms with Crippen molar-refractivity contribution in [1.82, 2.24) is 4.98 Å². The van der Waals surface area contributed by atoms with Crippen molar-refractivity contribution < 1.29 is 22.3 Å². The molecule has 0 bridgehead atoms. The minimum absolute atomic E-state index is 0.0391. The van der Waals surface area contributed by atoms with Gasteiger partial charge in [-0.25, -0.2) is 22.6 Å². The molecule has 0 spiro atoms. The van der Waals surface area contributed by atoms with Crippen LogP contribution in [-0.2, 0) is 14.8 Å². The van der Waals surface area contributed by atoms with E-state index in [0.29, 0.717) is 5.69 Å². The van der Waals surface area contributed by atoms with Gasteiger partial charge in [-0.05, 0) is 31.2 Å². The van der Waals surface area contributed by atoms with Crippen LogP contribution in [0.4, 0.5) is 9.52 Å². The number of nitrogens with zero attached hydrogens (tertiary/aromatic N) is 1. The summed E-state index contributed by atoms with van der Waals surface area (Å²) in [5, 5.41) is 0.0391. The molecule has 1 aromatic heterocycles. The molecule has 6 nitrogen and oxygen atoms in total. The third-order valence-corrected chi connectivity index (χ3v) is 5.05. The van der Waals surface area contributed by atoms with Crippen molar-refractivity contribution in [3.05, 3.63) is 40.7 Å². The lowest BCUT2D eigenvalue weighted by Crippen LogP contribution is -2.12. The first-order valence-electron chi connectivity index (χ1n) is 5.67. The summed E-state index contributed by atoms with van der Waals surface area (Å²) >= 11 is 0.867. The summed E-state index contributed by atoms with van der Waals surface area (Å²) in [7, 11) is -2.66. The van der Waals surface area contributed by atoms with Crippen molar-refractivity contribution in [3.8, 4) is 0 Å². The number of sulfonamides is 1. The van der Waals surface area contributed by atoms with Crippen molar-refractivity contribution in [3.63, 3.8) is 0 Å². The lowest BCUT2D eigenvalue weighted by Gasteiger charge is -2.04. The van der Waals surface area contributed by atoms with Gasteiger partial charge in [0.15, 0.2) is 5.13 Å². The van der Waals surface area contributed by atoms with E-state index in [9.17, 15) is 17.6 Å². The number of nitrogens with one attached hydrogen (secondary N) is 1. The van der Waals surface area contributed by atoms with E-state index in [4.69, 9.17) is 0 Å². The highest BCUT2D eigenvalue weighted by Gasteiger charge is 2.20. The maximum Gasteiger partial charge on any atom is 0.350 e. The normalized spacial score (nSPS) is 11.2. The summed E-state index contributed by atoms with van der Waals surface area (Å²) < 4.78 is 43.8. The number of aryl methyl sites for hydroxylation is 1. The Morgan fingerprint density at radius 1 is 1.33 bits per heavy atom. The summed E-state index contributed by atoms with van der Waals surface area (Å²) in [6.07, 6.45) is 0. The molecule has 1 N–H and O–H groups in total. The van der Waals surface area contributed by atoms with E-state index < -0.39 is 21.8 Å². The maximum absolute atomic E-state index is 12.8. The van der Waals surface area contributed by atoms with Crippen molar-refractivity contribution in [2.45, 2.75) is 11.8 Å². The fourth-order valence-corrected chi connectivity index (χ4v) is 3.63. The molecule has 21 heavy (non-hydrogen) atoms. The Kier molecular flexibility index (Phi) is 4.24. The van der Waals surface area contributed by atoms with Crippen molar-refractivity contribution in [2.24, 2.45) is 0 Å². The molecule has 112 valence electrons. The number of carbonyl (C=O) groups excluding carboxylic acids is 1. The monoisotopic (exact) mass is 330 g/mol. The number of ether oxygens (including phenoxy) is 1. The molecule has 0 aliphatic rings. The van der Waals surface area contributed by atoms with Gasteiger partial charge < -0.3 is 4.74 Å². The zero-order valence-electron chi connectivity index (χ0n) is 11.1. The standard InChI is InChI=1S/C12H11FN2O4S2/c1-7-10(11(16)19-2)20-12(14-7)15-21(17,18)9-5-3-8(13)4-6-9/h3-6H,1-2H3,(H,14,15). The van der Waals surface area contributed by atoms with E-state index in [1.165, 1.54) is 7.11 Å². The minimum Gasteiger partial charge on any atom is -0.465 e. The van der Waals surface area contributed by atoms with Gasteiger partial charge in [0.1, 0.15) is 10.7 Å². The summed E-state index contributed by atoms with van der Waals surface area (Å²) in [6.45, 7) is 1.57. The number of methoxy groups -OCH3 is 1. The van der Waals surface area contributed by atoms with Gasteiger partial charge in [0.05, 0.1) is 17.7 Å². The Bertz CT molecular complexity index is 769. The first-order chi connectivity index (χ1) is 9.83. The Morgan fingerprint density at radius 3 is 2.52 bits per heavy atom. The number of aromatic nitrogens is 1.